The first-order valence-electron chi connectivity index (χ1n) is 5.15. The van der Waals surface area contributed by atoms with Gasteiger partial charge in [-0.2, -0.15) is 0 Å². The number of aromatic amines is 1. The summed E-state index contributed by atoms with van der Waals surface area (Å²) in [7, 11) is 0. The van der Waals surface area contributed by atoms with Gasteiger partial charge in [-0.25, -0.2) is 0 Å². The van der Waals surface area contributed by atoms with E-state index in [4.69, 9.17) is 5.11 Å². The smallest absolute Gasteiger partial charge is 0.265 e. The molecule has 1 aromatic rings. The standard InChI is InChI=1S/C10H16N2O3/c13-8-4-2-1-3-7-12-10(15)6-5-9(14)11-12/h5-6,13H,1-4,7-8H2,(H,11,14). The molecule has 0 saturated carbocycles. The summed E-state index contributed by atoms with van der Waals surface area (Å²) in [4.78, 5) is 22.2. The number of hydrogen-bond acceptors (Lipinski definition) is 3. The van der Waals surface area contributed by atoms with Gasteiger partial charge in [0.2, 0.25) is 0 Å². The van der Waals surface area contributed by atoms with Crippen LogP contribution in [-0.2, 0) is 6.54 Å². The molecule has 5 heteroatoms. The number of rotatable bonds is 6. The average molecular weight is 212 g/mol. The highest BCUT2D eigenvalue weighted by atomic mass is 16.2. The van der Waals surface area contributed by atoms with Gasteiger partial charge in [0, 0.05) is 25.3 Å². The van der Waals surface area contributed by atoms with E-state index < -0.39 is 0 Å². The van der Waals surface area contributed by atoms with E-state index in [0.717, 1.165) is 25.7 Å². The number of aliphatic hydroxyl groups is 1. The van der Waals surface area contributed by atoms with Crippen LogP contribution in [0.3, 0.4) is 0 Å². The van der Waals surface area contributed by atoms with Gasteiger partial charge >= 0.3 is 0 Å². The molecular weight excluding hydrogens is 196 g/mol. The van der Waals surface area contributed by atoms with Crippen LogP contribution in [0.1, 0.15) is 25.7 Å². The first kappa shape index (κ1) is 11.7. The average Bonchev–Trinajstić information content (AvgIpc) is 2.23. The molecule has 5 nitrogen and oxygen atoms in total. The second kappa shape index (κ2) is 6.19. The van der Waals surface area contributed by atoms with Gasteiger partial charge in [-0.3, -0.25) is 19.4 Å². The molecule has 0 amide bonds. The predicted octanol–water partition coefficient (Wildman–Crippen LogP) is 0.0893. The van der Waals surface area contributed by atoms with Gasteiger partial charge in [-0.05, 0) is 12.8 Å². The largest absolute Gasteiger partial charge is 0.396 e. The maximum Gasteiger partial charge on any atom is 0.265 e. The van der Waals surface area contributed by atoms with Crippen molar-refractivity contribution in [1.82, 2.24) is 9.78 Å². The first-order chi connectivity index (χ1) is 7.24. The van der Waals surface area contributed by atoms with Crippen LogP contribution >= 0.6 is 0 Å². The van der Waals surface area contributed by atoms with Crippen molar-refractivity contribution in [3.8, 4) is 0 Å². The topological polar surface area (TPSA) is 75.1 Å². The van der Waals surface area contributed by atoms with E-state index in [0.29, 0.717) is 6.54 Å². The molecule has 0 spiro atoms. The molecule has 1 heterocycles. The molecule has 0 aromatic carbocycles. The zero-order chi connectivity index (χ0) is 11.1. The van der Waals surface area contributed by atoms with Crippen molar-refractivity contribution in [3.63, 3.8) is 0 Å². The monoisotopic (exact) mass is 212 g/mol. The Morgan fingerprint density at radius 2 is 1.87 bits per heavy atom. The maximum absolute atomic E-state index is 11.2. The van der Waals surface area contributed by atoms with E-state index in [9.17, 15) is 9.59 Å². The van der Waals surface area contributed by atoms with Gasteiger partial charge in [-0.15, -0.1) is 0 Å². The van der Waals surface area contributed by atoms with Crippen molar-refractivity contribution in [2.24, 2.45) is 0 Å². The quantitative estimate of drug-likeness (QED) is 0.656. The zero-order valence-electron chi connectivity index (χ0n) is 8.61. The van der Waals surface area contributed by atoms with Gasteiger partial charge in [0.15, 0.2) is 0 Å². The molecule has 0 radical (unpaired) electrons. The Bertz CT molecular complexity index is 394. The third-order valence-corrected chi connectivity index (χ3v) is 2.18. The van der Waals surface area contributed by atoms with E-state index in [1.54, 1.807) is 0 Å². The minimum atomic E-state index is -0.259. The van der Waals surface area contributed by atoms with Crippen molar-refractivity contribution >= 4 is 0 Å². The van der Waals surface area contributed by atoms with Gasteiger partial charge in [0.05, 0.1) is 0 Å². The van der Waals surface area contributed by atoms with Crippen molar-refractivity contribution in [1.29, 1.82) is 0 Å². The summed E-state index contributed by atoms with van der Waals surface area (Å²) in [6.07, 6.45) is 3.52. The summed E-state index contributed by atoms with van der Waals surface area (Å²) in [5, 5.41) is 11.0. The summed E-state index contributed by atoms with van der Waals surface area (Å²) in [6, 6.07) is 2.50. The van der Waals surface area contributed by atoms with Crippen LogP contribution in [0.4, 0.5) is 0 Å². The predicted molar refractivity (Wildman–Crippen MR) is 56.9 cm³/mol. The number of H-pyrrole nitrogens is 1. The van der Waals surface area contributed by atoms with Gasteiger partial charge in [0.25, 0.3) is 11.1 Å². The Balaban J connectivity index is 2.40. The zero-order valence-corrected chi connectivity index (χ0v) is 8.61. The molecule has 0 bridgehead atoms. The number of nitrogens with zero attached hydrogens (tertiary/aromatic N) is 1. The number of hydrogen-bond donors (Lipinski definition) is 2. The van der Waals surface area contributed by atoms with Crippen LogP contribution < -0.4 is 11.1 Å². The lowest BCUT2D eigenvalue weighted by molar-refractivity contribution is 0.282. The Morgan fingerprint density at radius 1 is 1.13 bits per heavy atom. The Hall–Kier alpha value is -1.36. The Labute approximate surface area is 87.4 Å². The number of nitrogens with one attached hydrogen (secondary N) is 1. The molecule has 0 unspecified atom stereocenters. The van der Waals surface area contributed by atoms with Crippen molar-refractivity contribution in [3.05, 3.63) is 32.8 Å². The molecule has 1 rings (SSSR count). The molecule has 0 aliphatic rings. The fourth-order valence-electron chi connectivity index (χ4n) is 1.36. The second-order valence-corrected chi connectivity index (χ2v) is 3.44. The third kappa shape index (κ3) is 4.12. The summed E-state index contributed by atoms with van der Waals surface area (Å²) >= 11 is 0. The SMILES string of the molecule is O=c1ccc(=O)n(CCCCCCO)[nH]1. The summed E-state index contributed by atoms with van der Waals surface area (Å²) in [6.45, 7) is 0.739. The Morgan fingerprint density at radius 3 is 2.60 bits per heavy atom. The highest BCUT2D eigenvalue weighted by Gasteiger charge is 1.96. The van der Waals surface area contributed by atoms with Crippen LogP contribution in [0.15, 0.2) is 21.7 Å². The number of aromatic nitrogens is 2. The van der Waals surface area contributed by atoms with Crippen molar-refractivity contribution < 1.29 is 5.11 Å². The van der Waals surface area contributed by atoms with Crippen LogP contribution in [-0.4, -0.2) is 21.5 Å². The maximum atomic E-state index is 11.2. The van der Waals surface area contributed by atoms with E-state index in [-0.39, 0.29) is 17.7 Å². The molecule has 0 atom stereocenters. The second-order valence-electron chi connectivity index (χ2n) is 3.44. The fraction of sp³-hybridized carbons (Fsp3) is 0.600. The molecule has 0 saturated heterocycles. The van der Waals surface area contributed by atoms with E-state index in [1.165, 1.54) is 16.8 Å². The minimum Gasteiger partial charge on any atom is -0.396 e. The molecule has 15 heavy (non-hydrogen) atoms. The molecule has 84 valence electrons. The van der Waals surface area contributed by atoms with E-state index in [1.807, 2.05) is 0 Å². The van der Waals surface area contributed by atoms with Gasteiger partial charge in [0.1, 0.15) is 0 Å². The lowest BCUT2D eigenvalue weighted by Gasteiger charge is -2.03. The van der Waals surface area contributed by atoms with Gasteiger partial charge < -0.3 is 5.11 Å². The summed E-state index contributed by atoms with van der Waals surface area (Å²) < 4.78 is 1.32. The molecule has 2 N–H and O–H groups in total. The van der Waals surface area contributed by atoms with E-state index >= 15 is 0 Å². The number of aliphatic hydroxyl groups excluding tert-OH is 1. The van der Waals surface area contributed by atoms with E-state index in [2.05, 4.69) is 5.10 Å². The molecule has 0 aliphatic heterocycles. The normalized spacial score (nSPS) is 10.5. The van der Waals surface area contributed by atoms with Crippen molar-refractivity contribution in [2.45, 2.75) is 32.2 Å². The summed E-state index contributed by atoms with van der Waals surface area (Å²) in [5.74, 6) is 0. The molecule has 0 aliphatic carbocycles. The van der Waals surface area contributed by atoms with Crippen LogP contribution in [0.2, 0.25) is 0 Å². The number of unbranched alkanes of at least 4 members (excludes halogenated alkanes) is 3. The lowest BCUT2D eigenvalue weighted by atomic mass is 10.2. The highest BCUT2D eigenvalue weighted by Crippen LogP contribution is 1.99. The van der Waals surface area contributed by atoms with Crippen LogP contribution in [0.5, 0.6) is 0 Å². The number of aryl methyl sites for hydroxylation is 1. The summed E-state index contributed by atoms with van der Waals surface area (Å²) in [5.41, 5.74) is -0.443. The molecule has 0 fully saturated rings. The van der Waals surface area contributed by atoms with Crippen LogP contribution in [0, 0.1) is 0 Å². The Kier molecular flexibility index (Phi) is 4.83. The van der Waals surface area contributed by atoms with Crippen LogP contribution in [0.25, 0.3) is 0 Å². The lowest BCUT2D eigenvalue weighted by Crippen LogP contribution is -2.27. The van der Waals surface area contributed by atoms with Gasteiger partial charge in [-0.1, -0.05) is 12.8 Å². The molecular formula is C10H16N2O3. The highest BCUT2D eigenvalue weighted by molar-refractivity contribution is 4.85. The van der Waals surface area contributed by atoms with Crippen molar-refractivity contribution in [2.75, 3.05) is 6.61 Å². The fourth-order valence-corrected chi connectivity index (χ4v) is 1.36. The first-order valence-corrected chi connectivity index (χ1v) is 5.15. The molecule has 1 aromatic heterocycles. The third-order valence-electron chi connectivity index (χ3n) is 2.18. The minimum absolute atomic E-state index is 0.184.